The fraction of sp³-hybridized carbons (Fsp3) is 0.571. The van der Waals surface area contributed by atoms with Crippen LogP contribution in [0.1, 0.15) is 19.4 Å². The summed E-state index contributed by atoms with van der Waals surface area (Å²) in [6.07, 6.45) is 0. The number of rotatable bonds is 3. The van der Waals surface area contributed by atoms with Gasteiger partial charge in [0.2, 0.25) is 0 Å². The highest BCUT2D eigenvalue weighted by atomic mass is 19.1. The van der Waals surface area contributed by atoms with E-state index in [1.54, 1.807) is 6.07 Å². The Bertz CT molecular complexity index is 482. The number of halogens is 1. The van der Waals surface area contributed by atoms with Gasteiger partial charge in [-0.05, 0) is 44.1 Å². The van der Waals surface area contributed by atoms with Gasteiger partial charge in [-0.2, -0.15) is 0 Å². The zero-order valence-electron chi connectivity index (χ0n) is 12.3. The first-order valence-corrected chi connectivity index (χ1v) is 6.87. The van der Waals surface area contributed by atoms with Gasteiger partial charge in [0.15, 0.2) is 0 Å². The van der Waals surface area contributed by atoms with Crippen molar-refractivity contribution < 1.29 is 14.4 Å². The molecule has 1 aromatic carbocycles. The minimum Gasteiger partial charge on any atom is -0.423 e. The molecule has 0 amide bonds. The van der Waals surface area contributed by atoms with E-state index in [9.17, 15) is 14.4 Å². The van der Waals surface area contributed by atoms with Crippen LogP contribution in [-0.4, -0.2) is 59.2 Å². The Hall–Kier alpha value is -0.945. The standard InChI is InChI=1S/C14H22BFN2O2/c1-14(2)10-18(7-6-17(14)3)9-11-4-5-12(16)8-13(11)15(19)20/h4-5,8,19-20H,6-7,9-10H2,1-3H3. The molecule has 1 saturated heterocycles. The lowest BCUT2D eigenvalue weighted by atomic mass is 9.76. The van der Waals surface area contributed by atoms with Crippen LogP contribution in [0.2, 0.25) is 0 Å². The fourth-order valence-electron chi connectivity index (χ4n) is 2.67. The molecule has 0 aliphatic carbocycles. The summed E-state index contributed by atoms with van der Waals surface area (Å²) >= 11 is 0. The fourth-order valence-corrected chi connectivity index (χ4v) is 2.67. The van der Waals surface area contributed by atoms with Crippen LogP contribution in [0.5, 0.6) is 0 Å². The SMILES string of the molecule is CN1CCN(Cc2ccc(F)cc2B(O)O)CC1(C)C. The number of likely N-dealkylation sites (N-methyl/N-ethyl adjacent to an activating group) is 1. The van der Waals surface area contributed by atoms with Crippen LogP contribution in [0.3, 0.4) is 0 Å². The third kappa shape index (κ3) is 3.38. The van der Waals surface area contributed by atoms with Gasteiger partial charge in [0.1, 0.15) is 5.82 Å². The Morgan fingerprint density at radius 3 is 2.60 bits per heavy atom. The minimum absolute atomic E-state index is 0.0796. The highest BCUT2D eigenvalue weighted by Gasteiger charge is 2.31. The van der Waals surface area contributed by atoms with E-state index < -0.39 is 12.9 Å². The Morgan fingerprint density at radius 2 is 2.00 bits per heavy atom. The average molecular weight is 280 g/mol. The van der Waals surface area contributed by atoms with Crippen molar-refractivity contribution in [2.24, 2.45) is 0 Å². The first-order valence-electron chi connectivity index (χ1n) is 6.87. The van der Waals surface area contributed by atoms with E-state index in [-0.39, 0.29) is 11.0 Å². The second kappa shape index (κ2) is 5.81. The van der Waals surface area contributed by atoms with E-state index in [2.05, 4.69) is 30.7 Å². The normalized spacial score (nSPS) is 20.1. The quantitative estimate of drug-likeness (QED) is 0.767. The molecular weight excluding hydrogens is 258 g/mol. The van der Waals surface area contributed by atoms with Gasteiger partial charge in [-0.15, -0.1) is 0 Å². The average Bonchev–Trinajstić information content (AvgIpc) is 2.35. The molecule has 1 heterocycles. The first kappa shape index (κ1) is 15.4. The van der Waals surface area contributed by atoms with Crippen molar-refractivity contribution >= 4 is 12.6 Å². The summed E-state index contributed by atoms with van der Waals surface area (Å²) in [5.41, 5.74) is 1.10. The summed E-state index contributed by atoms with van der Waals surface area (Å²) < 4.78 is 13.2. The molecular formula is C14H22BFN2O2. The predicted molar refractivity (Wildman–Crippen MR) is 78.2 cm³/mol. The molecule has 1 aliphatic heterocycles. The Balaban J connectivity index is 2.14. The lowest BCUT2D eigenvalue weighted by molar-refractivity contribution is 0.0361. The smallest absolute Gasteiger partial charge is 0.423 e. The minimum atomic E-state index is -1.64. The first-order chi connectivity index (χ1) is 9.29. The molecule has 0 saturated carbocycles. The number of hydrogen-bond donors (Lipinski definition) is 2. The van der Waals surface area contributed by atoms with E-state index in [4.69, 9.17) is 0 Å². The highest BCUT2D eigenvalue weighted by Crippen LogP contribution is 2.20. The van der Waals surface area contributed by atoms with Crippen molar-refractivity contribution in [1.29, 1.82) is 0 Å². The van der Waals surface area contributed by atoms with Crippen molar-refractivity contribution in [3.8, 4) is 0 Å². The van der Waals surface area contributed by atoms with Crippen LogP contribution in [0.25, 0.3) is 0 Å². The van der Waals surface area contributed by atoms with Gasteiger partial charge in [0.25, 0.3) is 0 Å². The van der Waals surface area contributed by atoms with Crippen molar-refractivity contribution in [2.45, 2.75) is 25.9 Å². The second-order valence-electron chi connectivity index (χ2n) is 6.16. The second-order valence-corrected chi connectivity index (χ2v) is 6.16. The number of benzene rings is 1. The maximum Gasteiger partial charge on any atom is 0.488 e. The van der Waals surface area contributed by atoms with Crippen LogP contribution in [-0.2, 0) is 6.54 Å². The van der Waals surface area contributed by atoms with Crippen molar-refractivity contribution in [3.05, 3.63) is 29.6 Å². The van der Waals surface area contributed by atoms with Crippen molar-refractivity contribution in [1.82, 2.24) is 9.80 Å². The third-order valence-electron chi connectivity index (χ3n) is 4.18. The van der Waals surface area contributed by atoms with Crippen LogP contribution >= 0.6 is 0 Å². The van der Waals surface area contributed by atoms with E-state index >= 15 is 0 Å². The molecule has 6 heteroatoms. The maximum atomic E-state index is 13.2. The molecule has 1 aliphatic rings. The molecule has 0 spiro atoms. The zero-order chi connectivity index (χ0) is 14.9. The van der Waals surface area contributed by atoms with Gasteiger partial charge >= 0.3 is 7.12 Å². The Labute approximate surface area is 120 Å². The number of hydrogen-bond acceptors (Lipinski definition) is 4. The third-order valence-corrected chi connectivity index (χ3v) is 4.18. The van der Waals surface area contributed by atoms with Gasteiger partial charge in [0, 0.05) is 31.7 Å². The van der Waals surface area contributed by atoms with Crippen LogP contribution in [0.15, 0.2) is 18.2 Å². The molecule has 0 bridgehead atoms. The van der Waals surface area contributed by atoms with Crippen LogP contribution in [0, 0.1) is 5.82 Å². The summed E-state index contributed by atoms with van der Waals surface area (Å²) in [6.45, 7) is 7.74. The summed E-state index contributed by atoms with van der Waals surface area (Å²) in [7, 11) is 0.471. The molecule has 0 radical (unpaired) electrons. The van der Waals surface area contributed by atoms with Crippen molar-refractivity contribution in [3.63, 3.8) is 0 Å². The lowest BCUT2D eigenvalue weighted by Gasteiger charge is -2.45. The summed E-state index contributed by atoms with van der Waals surface area (Å²) in [5.74, 6) is -0.449. The zero-order valence-corrected chi connectivity index (χ0v) is 12.3. The van der Waals surface area contributed by atoms with Crippen LogP contribution in [0.4, 0.5) is 4.39 Å². The molecule has 4 nitrogen and oxygen atoms in total. The van der Waals surface area contributed by atoms with Gasteiger partial charge in [-0.1, -0.05) is 6.07 Å². The lowest BCUT2D eigenvalue weighted by Crippen LogP contribution is -2.57. The molecule has 0 atom stereocenters. The predicted octanol–water partition coefficient (Wildman–Crippen LogP) is 0.0315. The molecule has 0 unspecified atom stereocenters. The summed E-state index contributed by atoms with van der Waals surface area (Å²) in [6, 6.07) is 4.19. The molecule has 110 valence electrons. The van der Waals surface area contributed by atoms with E-state index in [0.717, 1.165) is 25.2 Å². The topological polar surface area (TPSA) is 46.9 Å². The number of nitrogens with zero attached hydrogens (tertiary/aromatic N) is 2. The van der Waals surface area contributed by atoms with Gasteiger partial charge < -0.3 is 10.0 Å². The van der Waals surface area contributed by atoms with Gasteiger partial charge in [-0.3, -0.25) is 9.80 Å². The van der Waals surface area contributed by atoms with Gasteiger partial charge in [-0.25, -0.2) is 4.39 Å². The van der Waals surface area contributed by atoms with E-state index in [1.807, 2.05) is 0 Å². The van der Waals surface area contributed by atoms with Crippen LogP contribution < -0.4 is 5.46 Å². The summed E-state index contributed by atoms with van der Waals surface area (Å²) in [4.78, 5) is 4.58. The molecule has 1 aromatic rings. The van der Waals surface area contributed by atoms with Crippen molar-refractivity contribution in [2.75, 3.05) is 26.7 Å². The highest BCUT2D eigenvalue weighted by molar-refractivity contribution is 6.59. The molecule has 2 rings (SSSR count). The molecule has 1 fully saturated rings. The maximum absolute atomic E-state index is 13.2. The largest absolute Gasteiger partial charge is 0.488 e. The number of piperazine rings is 1. The summed E-state index contributed by atoms with van der Waals surface area (Å²) in [5, 5.41) is 18.7. The van der Waals surface area contributed by atoms with E-state index in [1.165, 1.54) is 12.1 Å². The molecule has 0 aromatic heterocycles. The Morgan fingerprint density at radius 1 is 1.30 bits per heavy atom. The van der Waals surface area contributed by atoms with Gasteiger partial charge in [0.05, 0.1) is 0 Å². The molecule has 2 N–H and O–H groups in total. The van der Waals surface area contributed by atoms with E-state index in [0.29, 0.717) is 6.54 Å². The molecule has 20 heavy (non-hydrogen) atoms. The monoisotopic (exact) mass is 280 g/mol. The Kier molecular flexibility index (Phi) is 4.49.